The summed E-state index contributed by atoms with van der Waals surface area (Å²) in [5, 5.41) is 1.95. The summed E-state index contributed by atoms with van der Waals surface area (Å²) in [7, 11) is 2.83. The van der Waals surface area contributed by atoms with Crippen molar-refractivity contribution in [3.05, 3.63) is 48.0 Å². The Morgan fingerprint density at radius 2 is 1.81 bits per heavy atom. The Bertz CT molecular complexity index is 1070. The summed E-state index contributed by atoms with van der Waals surface area (Å²) >= 11 is 0. The summed E-state index contributed by atoms with van der Waals surface area (Å²) in [5.41, 5.74) is -1.14. The molecular formula is C20H16F3N3O5. The summed E-state index contributed by atoms with van der Waals surface area (Å²) < 4.78 is 49.3. The molecule has 0 aliphatic carbocycles. The van der Waals surface area contributed by atoms with E-state index in [-0.39, 0.29) is 11.4 Å². The fourth-order valence-electron chi connectivity index (χ4n) is 2.84. The number of hydrogen-bond donors (Lipinski definition) is 1. The second-order valence-electron chi connectivity index (χ2n) is 6.31. The highest BCUT2D eigenvalue weighted by atomic mass is 19.4. The van der Waals surface area contributed by atoms with Crippen molar-refractivity contribution in [1.82, 2.24) is 5.32 Å². The number of carbonyl (C=O) groups excluding carboxylic acids is 3. The number of benzene rings is 2. The van der Waals surface area contributed by atoms with Crippen LogP contribution in [0, 0.1) is 5.92 Å². The molecule has 3 rings (SSSR count). The van der Waals surface area contributed by atoms with Crippen molar-refractivity contribution in [3.8, 4) is 11.5 Å². The van der Waals surface area contributed by atoms with Crippen LogP contribution in [0.5, 0.6) is 11.5 Å². The predicted octanol–water partition coefficient (Wildman–Crippen LogP) is 3.32. The van der Waals surface area contributed by atoms with Gasteiger partial charge >= 0.3 is 12.2 Å². The first-order valence-electron chi connectivity index (χ1n) is 8.78. The molecule has 1 saturated heterocycles. The molecule has 8 nitrogen and oxygen atoms in total. The third-order valence-corrected chi connectivity index (χ3v) is 4.38. The van der Waals surface area contributed by atoms with Gasteiger partial charge in [-0.1, -0.05) is 6.07 Å². The molecule has 0 aromatic heterocycles. The number of barbiturate groups is 1. The Morgan fingerprint density at radius 3 is 2.45 bits per heavy atom. The number of amides is 4. The number of ether oxygens (including phenoxy) is 2. The third kappa shape index (κ3) is 4.49. The average Bonchev–Trinajstić information content (AvgIpc) is 2.72. The maximum atomic E-state index is 13.0. The molecule has 1 atom stereocenters. The number of aliphatic imine (C=N–C) groups is 1. The number of methoxy groups -OCH3 is 2. The molecule has 1 N–H and O–H groups in total. The van der Waals surface area contributed by atoms with Crippen molar-refractivity contribution < 1.29 is 37.0 Å². The highest BCUT2D eigenvalue weighted by molar-refractivity contribution is 6.32. The van der Waals surface area contributed by atoms with E-state index in [4.69, 9.17) is 9.47 Å². The summed E-state index contributed by atoms with van der Waals surface area (Å²) in [6, 6.07) is 7.17. The van der Waals surface area contributed by atoms with E-state index < -0.39 is 35.5 Å². The Hall–Kier alpha value is -3.89. The van der Waals surface area contributed by atoms with Gasteiger partial charge in [-0.05, 0) is 30.3 Å². The summed E-state index contributed by atoms with van der Waals surface area (Å²) in [6.45, 7) is 0. The second kappa shape index (κ2) is 8.46. The molecule has 11 heteroatoms. The standard InChI is InChI=1S/C20H16F3N3O5/c1-30-13-6-7-16(31-2)15(9-13)24-10-14-17(27)25-19(29)26(18(14)28)12-5-3-4-11(8-12)20(21,22)23/h3-10,14H,1-2H3,(H,25,27,29)/t14-/m1/s1. The van der Waals surface area contributed by atoms with Gasteiger partial charge in [-0.25, -0.2) is 9.69 Å². The Morgan fingerprint density at radius 1 is 1.06 bits per heavy atom. The number of imide groups is 2. The topological polar surface area (TPSA) is 97.3 Å². The third-order valence-electron chi connectivity index (χ3n) is 4.38. The molecule has 2 aromatic carbocycles. The number of nitrogens with zero attached hydrogens (tertiary/aromatic N) is 2. The molecule has 0 spiro atoms. The highest BCUT2D eigenvalue weighted by Crippen LogP contribution is 2.33. The van der Waals surface area contributed by atoms with E-state index in [0.717, 1.165) is 24.4 Å². The van der Waals surface area contributed by atoms with Crippen LogP contribution in [-0.4, -0.2) is 38.3 Å². The van der Waals surface area contributed by atoms with Gasteiger partial charge in [0.1, 0.15) is 17.2 Å². The minimum Gasteiger partial charge on any atom is -0.497 e. The van der Waals surface area contributed by atoms with Crippen LogP contribution in [0.15, 0.2) is 47.5 Å². The number of hydrogen-bond acceptors (Lipinski definition) is 6. The minimum absolute atomic E-state index is 0.241. The number of alkyl halides is 3. The van der Waals surface area contributed by atoms with Gasteiger partial charge in [-0.3, -0.25) is 19.9 Å². The fraction of sp³-hybridized carbons (Fsp3) is 0.200. The second-order valence-corrected chi connectivity index (χ2v) is 6.31. The number of urea groups is 1. The van der Waals surface area contributed by atoms with Gasteiger partial charge in [-0.2, -0.15) is 13.2 Å². The monoisotopic (exact) mass is 435 g/mol. The van der Waals surface area contributed by atoms with Gasteiger partial charge in [0.25, 0.3) is 5.91 Å². The molecule has 2 aromatic rings. The summed E-state index contributed by atoms with van der Waals surface area (Å²) in [4.78, 5) is 41.8. The Labute approximate surface area is 174 Å². The molecule has 31 heavy (non-hydrogen) atoms. The van der Waals surface area contributed by atoms with Crippen LogP contribution in [0.25, 0.3) is 0 Å². The SMILES string of the molecule is COc1ccc(OC)c(N=C[C@@H]2C(=O)NC(=O)N(c3cccc(C(F)(F)F)c3)C2=O)c1. The first kappa shape index (κ1) is 21.8. The number of nitrogens with one attached hydrogen (secondary N) is 1. The predicted molar refractivity (Wildman–Crippen MR) is 104 cm³/mol. The number of anilines is 1. The van der Waals surface area contributed by atoms with E-state index in [0.29, 0.717) is 22.5 Å². The van der Waals surface area contributed by atoms with Crippen molar-refractivity contribution >= 4 is 35.4 Å². The molecule has 1 aliphatic rings. The fourth-order valence-corrected chi connectivity index (χ4v) is 2.84. The van der Waals surface area contributed by atoms with Gasteiger partial charge in [0, 0.05) is 12.3 Å². The zero-order chi connectivity index (χ0) is 22.8. The quantitative estimate of drug-likeness (QED) is 0.574. The van der Waals surface area contributed by atoms with Gasteiger partial charge < -0.3 is 9.47 Å². The lowest BCUT2D eigenvalue weighted by Gasteiger charge is -2.28. The summed E-state index contributed by atoms with van der Waals surface area (Å²) in [5.74, 6) is -2.79. The molecule has 0 bridgehead atoms. The number of halogens is 3. The van der Waals surface area contributed by atoms with Crippen LogP contribution in [0.3, 0.4) is 0 Å². The molecule has 1 fully saturated rings. The van der Waals surface area contributed by atoms with Gasteiger partial charge in [0.15, 0.2) is 5.92 Å². The highest BCUT2D eigenvalue weighted by Gasteiger charge is 2.41. The van der Waals surface area contributed by atoms with Gasteiger partial charge in [-0.15, -0.1) is 0 Å². The van der Waals surface area contributed by atoms with Crippen LogP contribution >= 0.6 is 0 Å². The maximum absolute atomic E-state index is 13.0. The maximum Gasteiger partial charge on any atom is 0.416 e. The minimum atomic E-state index is -4.68. The van der Waals surface area contributed by atoms with E-state index >= 15 is 0 Å². The normalized spacial score (nSPS) is 17.1. The van der Waals surface area contributed by atoms with Crippen LogP contribution < -0.4 is 19.7 Å². The zero-order valence-corrected chi connectivity index (χ0v) is 16.3. The molecule has 0 radical (unpaired) electrons. The van der Waals surface area contributed by atoms with Crippen molar-refractivity contribution in [2.75, 3.05) is 19.1 Å². The van der Waals surface area contributed by atoms with Gasteiger partial charge in [0.05, 0.1) is 25.5 Å². The smallest absolute Gasteiger partial charge is 0.416 e. The lowest BCUT2D eigenvalue weighted by Crippen LogP contribution is -2.58. The van der Waals surface area contributed by atoms with Crippen molar-refractivity contribution in [2.45, 2.75) is 6.18 Å². The summed E-state index contributed by atoms with van der Waals surface area (Å²) in [6.07, 6.45) is -3.69. The Balaban J connectivity index is 1.95. The van der Waals surface area contributed by atoms with E-state index in [1.165, 1.54) is 20.3 Å². The molecule has 162 valence electrons. The van der Waals surface area contributed by atoms with E-state index in [9.17, 15) is 27.6 Å². The molecule has 0 saturated carbocycles. The molecule has 4 amide bonds. The van der Waals surface area contributed by atoms with E-state index in [1.807, 2.05) is 5.32 Å². The van der Waals surface area contributed by atoms with Crippen molar-refractivity contribution in [1.29, 1.82) is 0 Å². The average molecular weight is 435 g/mol. The largest absolute Gasteiger partial charge is 0.497 e. The van der Waals surface area contributed by atoms with E-state index in [1.54, 1.807) is 12.1 Å². The number of rotatable bonds is 5. The number of carbonyl (C=O) groups is 3. The molecule has 1 heterocycles. The lowest BCUT2D eigenvalue weighted by molar-refractivity contribution is -0.138. The first-order chi connectivity index (χ1) is 14.7. The van der Waals surface area contributed by atoms with Crippen LogP contribution in [-0.2, 0) is 15.8 Å². The molecule has 0 unspecified atom stereocenters. The Kier molecular flexibility index (Phi) is 5.95. The lowest BCUT2D eigenvalue weighted by atomic mass is 10.0. The zero-order valence-electron chi connectivity index (χ0n) is 16.3. The van der Waals surface area contributed by atoms with Crippen molar-refractivity contribution in [3.63, 3.8) is 0 Å². The first-order valence-corrected chi connectivity index (χ1v) is 8.78. The van der Waals surface area contributed by atoms with Crippen molar-refractivity contribution in [2.24, 2.45) is 10.9 Å². The van der Waals surface area contributed by atoms with Crippen LogP contribution in [0.1, 0.15) is 5.56 Å². The molecule has 1 aliphatic heterocycles. The van der Waals surface area contributed by atoms with Crippen LogP contribution in [0.2, 0.25) is 0 Å². The van der Waals surface area contributed by atoms with Gasteiger partial charge in [0.2, 0.25) is 5.91 Å². The molecular weight excluding hydrogens is 419 g/mol. The van der Waals surface area contributed by atoms with E-state index in [2.05, 4.69) is 4.99 Å². The van der Waals surface area contributed by atoms with Crippen LogP contribution in [0.4, 0.5) is 29.3 Å².